The largest absolute Gasteiger partial charge is 0.391 e. The number of aromatic nitrogens is 3. The number of aliphatic hydroxyl groups is 1. The first-order chi connectivity index (χ1) is 10.1. The van der Waals surface area contributed by atoms with Crippen LogP contribution in [0.4, 0.5) is 5.82 Å². The van der Waals surface area contributed by atoms with Gasteiger partial charge >= 0.3 is 0 Å². The summed E-state index contributed by atoms with van der Waals surface area (Å²) in [5.41, 5.74) is 2.09. The van der Waals surface area contributed by atoms with Gasteiger partial charge in [0.15, 0.2) is 5.82 Å². The van der Waals surface area contributed by atoms with Gasteiger partial charge in [-0.2, -0.15) is 5.10 Å². The standard InChI is InChI=1S/C16H24N4O/c1-11(2)12-10-14-16(17-8-9-20(14)18-12)19(3)13-6-4-5-7-15(13)21/h8-11,13,15,21H,4-7H2,1-3H3. The van der Waals surface area contributed by atoms with Gasteiger partial charge in [0.1, 0.15) is 5.52 Å². The lowest BCUT2D eigenvalue weighted by atomic mass is 9.91. The normalized spacial score (nSPS) is 22.9. The van der Waals surface area contributed by atoms with Gasteiger partial charge in [-0.25, -0.2) is 9.50 Å². The SMILES string of the molecule is CC(C)c1cc2c(N(C)C3CCCCC3O)nccn2n1. The number of nitrogens with zero attached hydrogens (tertiary/aromatic N) is 4. The number of likely N-dealkylation sites (N-methyl/N-ethyl adjacent to an activating group) is 1. The Hall–Kier alpha value is -1.62. The third-order valence-electron chi connectivity index (χ3n) is 4.51. The predicted molar refractivity (Wildman–Crippen MR) is 83.7 cm³/mol. The highest BCUT2D eigenvalue weighted by molar-refractivity contribution is 5.69. The molecule has 114 valence electrons. The lowest BCUT2D eigenvalue weighted by Gasteiger charge is -2.36. The Balaban J connectivity index is 1.98. The highest BCUT2D eigenvalue weighted by atomic mass is 16.3. The van der Waals surface area contributed by atoms with Crippen LogP contribution in [0.1, 0.15) is 51.1 Å². The average Bonchev–Trinajstić information content (AvgIpc) is 2.91. The summed E-state index contributed by atoms with van der Waals surface area (Å²) >= 11 is 0. The maximum absolute atomic E-state index is 10.3. The van der Waals surface area contributed by atoms with Crippen LogP contribution in [0.2, 0.25) is 0 Å². The number of rotatable bonds is 3. The van der Waals surface area contributed by atoms with Crippen molar-refractivity contribution >= 4 is 11.3 Å². The first-order valence-corrected chi connectivity index (χ1v) is 7.83. The maximum atomic E-state index is 10.3. The molecule has 1 aliphatic carbocycles. The van der Waals surface area contributed by atoms with Crippen LogP contribution in [0.25, 0.3) is 5.52 Å². The summed E-state index contributed by atoms with van der Waals surface area (Å²) in [7, 11) is 2.03. The molecular weight excluding hydrogens is 264 g/mol. The minimum atomic E-state index is -0.265. The molecule has 0 aromatic carbocycles. The van der Waals surface area contributed by atoms with Gasteiger partial charge in [0.05, 0.1) is 17.8 Å². The summed E-state index contributed by atoms with van der Waals surface area (Å²) in [5, 5.41) is 14.9. The van der Waals surface area contributed by atoms with Gasteiger partial charge in [-0.1, -0.05) is 26.7 Å². The van der Waals surface area contributed by atoms with Gasteiger partial charge in [-0.05, 0) is 24.8 Å². The van der Waals surface area contributed by atoms with Crippen molar-refractivity contribution in [3.8, 4) is 0 Å². The number of hydrogen-bond donors (Lipinski definition) is 1. The number of anilines is 1. The smallest absolute Gasteiger partial charge is 0.154 e. The van der Waals surface area contributed by atoms with E-state index in [1.807, 2.05) is 17.8 Å². The first-order valence-electron chi connectivity index (χ1n) is 7.83. The molecule has 3 rings (SSSR count). The molecule has 0 aliphatic heterocycles. The Labute approximate surface area is 125 Å². The summed E-state index contributed by atoms with van der Waals surface area (Å²) in [6.07, 6.45) is 7.60. The fourth-order valence-electron chi connectivity index (χ4n) is 3.18. The van der Waals surface area contributed by atoms with Crippen molar-refractivity contribution in [2.24, 2.45) is 0 Å². The van der Waals surface area contributed by atoms with Crippen molar-refractivity contribution in [3.05, 3.63) is 24.2 Å². The van der Waals surface area contributed by atoms with Gasteiger partial charge in [-0.3, -0.25) is 0 Å². The molecule has 5 nitrogen and oxygen atoms in total. The fourth-order valence-corrected chi connectivity index (χ4v) is 3.18. The predicted octanol–water partition coefficient (Wildman–Crippen LogP) is 2.59. The molecule has 2 unspecified atom stereocenters. The minimum absolute atomic E-state index is 0.148. The van der Waals surface area contributed by atoms with Gasteiger partial charge < -0.3 is 10.0 Å². The summed E-state index contributed by atoms with van der Waals surface area (Å²) in [6, 6.07) is 2.26. The zero-order valence-corrected chi connectivity index (χ0v) is 13.0. The average molecular weight is 288 g/mol. The van der Waals surface area contributed by atoms with E-state index < -0.39 is 0 Å². The quantitative estimate of drug-likeness (QED) is 0.943. The van der Waals surface area contributed by atoms with Crippen molar-refractivity contribution in [2.75, 3.05) is 11.9 Å². The van der Waals surface area contributed by atoms with E-state index in [0.717, 1.165) is 36.3 Å². The zero-order valence-electron chi connectivity index (χ0n) is 13.0. The van der Waals surface area contributed by atoms with Crippen LogP contribution in [0.3, 0.4) is 0 Å². The highest BCUT2D eigenvalue weighted by Gasteiger charge is 2.28. The number of aliphatic hydroxyl groups excluding tert-OH is 1. The Bertz CT molecular complexity index is 622. The van der Waals surface area contributed by atoms with E-state index in [1.165, 1.54) is 6.42 Å². The third kappa shape index (κ3) is 2.62. The van der Waals surface area contributed by atoms with Crippen LogP contribution in [-0.2, 0) is 0 Å². The molecule has 0 spiro atoms. The first kappa shape index (κ1) is 14.3. The lowest BCUT2D eigenvalue weighted by Crippen LogP contribution is -2.44. The number of fused-ring (bicyclic) bond motifs is 1. The van der Waals surface area contributed by atoms with Gasteiger partial charge in [-0.15, -0.1) is 0 Å². The molecule has 0 amide bonds. The Morgan fingerprint density at radius 2 is 2.10 bits per heavy atom. The van der Waals surface area contributed by atoms with Crippen LogP contribution < -0.4 is 4.90 Å². The van der Waals surface area contributed by atoms with Crippen LogP contribution in [0.15, 0.2) is 18.5 Å². The van der Waals surface area contributed by atoms with Gasteiger partial charge in [0.25, 0.3) is 0 Å². The van der Waals surface area contributed by atoms with E-state index in [-0.39, 0.29) is 12.1 Å². The second-order valence-electron chi connectivity index (χ2n) is 6.33. The Kier molecular flexibility index (Phi) is 3.85. The molecule has 1 N–H and O–H groups in total. The molecule has 0 bridgehead atoms. The molecule has 2 aromatic heterocycles. The Morgan fingerprint density at radius 3 is 2.81 bits per heavy atom. The summed E-state index contributed by atoms with van der Waals surface area (Å²) in [5.74, 6) is 1.30. The van der Waals surface area contributed by atoms with E-state index >= 15 is 0 Å². The zero-order chi connectivity index (χ0) is 15.0. The maximum Gasteiger partial charge on any atom is 0.154 e. The van der Waals surface area contributed by atoms with Crippen LogP contribution >= 0.6 is 0 Å². The molecule has 21 heavy (non-hydrogen) atoms. The van der Waals surface area contributed by atoms with Crippen molar-refractivity contribution < 1.29 is 5.11 Å². The van der Waals surface area contributed by atoms with E-state index in [4.69, 9.17) is 0 Å². The molecule has 1 saturated carbocycles. The minimum Gasteiger partial charge on any atom is -0.391 e. The lowest BCUT2D eigenvalue weighted by molar-refractivity contribution is 0.106. The van der Waals surface area contributed by atoms with Crippen molar-refractivity contribution in [2.45, 2.75) is 57.6 Å². The molecule has 2 heterocycles. The van der Waals surface area contributed by atoms with Gasteiger partial charge in [0.2, 0.25) is 0 Å². The van der Waals surface area contributed by atoms with Crippen molar-refractivity contribution in [3.63, 3.8) is 0 Å². The van der Waals surface area contributed by atoms with Gasteiger partial charge in [0, 0.05) is 19.4 Å². The topological polar surface area (TPSA) is 53.7 Å². The highest BCUT2D eigenvalue weighted by Crippen LogP contribution is 2.28. The molecular formula is C16H24N4O. The summed E-state index contributed by atoms with van der Waals surface area (Å²) in [6.45, 7) is 4.28. The molecule has 0 radical (unpaired) electrons. The molecule has 5 heteroatoms. The summed E-state index contributed by atoms with van der Waals surface area (Å²) < 4.78 is 1.89. The van der Waals surface area contributed by atoms with E-state index in [0.29, 0.717) is 5.92 Å². The van der Waals surface area contributed by atoms with E-state index in [2.05, 4.69) is 34.9 Å². The Morgan fingerprint density at radius 1 is 1.33 bits per heavy atom. The third-order valence-corrected chi connectivity index (χ3v) is 4.51. The fraction of sp³-hybridized carbons (Fsp3) is 0.625. The van der Waals surface area contributed by atoms with Crippen molar-refractivity contribution in [1.29, 1.82) is 0 Å². The number of hydrogen-bond acceptors (Lipinski definition) is 4. The monoisotopic (exact) mass is 288 g/mol. The van der Waals surface area contributed by atoms with Crippen LogP contribution in [0, 0.1) is 0 Å². The molecule has 0 saturated heterocycles. The van der Waals surface area contributed by atoms with Crippen LogP contribution in [-0.4, -0.2) is 38.9 Å². The molecule has 1 fully saturated rings. The molecule has 1 aliphatic rings. The molecule has 2 aromatic rings. The van der Waals surface area contributed by atoms with Crippen LogP contribution in [0.5, 0.6) is 0 Å². The van der Waals surface area contributed by atoms with E-state index in [9.17, 15) is 5.11 Å². The van der Waals surface area contributed by atoms with E-state index in [1.54, 1.807) is 6.20 Å². The second-order valence-corrected chi connectivity index (χ2v) is 6.33. The van der Waals surface area contributed by atoms with Crippen molar-refractivity contribution in [1.82, 2.24) is 14.6 Å². The second kappa shape index (κ2) is 5.64. The summed E-state index contributed by atoms with van der Waals surface area (Å²) in [4.78, 5) is 6.67. The molecule has 2 atom stereocenters.